The summed E-state index contributed by atoms with van der Waals surface area (Å²) in [4.78, 5) is 18.0. The highest BCUT2D eigenvalue weighted by Crippen LogP contribution is 1.96. The molecule has 0 unspecified atom stereocenters. The number of hydrogen-bond acceptors (Lipinski definition) is 5. The van der Waals surface area contributed by atoms with E-state index in [9.17, 15) is 0 Å². The molecule has 0 aromatic rings. The van der Waals surface area contributed by atoms with Crippen molar-refractivity contribution in [3.8, 4) is 0 Å². The van der Waals surface area contributed by atoms with E-state index in [2.05, 4.69) is 0 Å². The highest BCUT2D eigenvalue weighted by atomic mass is 32.2. The van der Waals surface area contributed by atoms with Crippen LogP contribution in [0.4, 0.5) is 0 Å². The number of nitroso groups, excluding NO2 is 1. The van der Waals surface area contributed by atoms with Crippen LogP contribution in [0.25, 0.3) is 0 Å². The summed E-state index contributed by atoms with van der Waals surface area (Å²) in [6.45, 7) is 0. The maximum Gasteiger partial charge on any atom is 0.416 e. The first-order valence-corrected chi connectivity index (χ1v) is 1.64. The fourth-order valence-electron chi connectivity index (χ4n) is 0.0272. The summed E-state index contributed by atoms with van der Waals surface area (Å²) >= 11 is -0.222. The molecular formula is H2N2O4S. The molecule has 0 aromatic heterocycles. The molecule has 6 nitrogen and oxygen atoms in total. The average Bonchev–Trinajstić information content (AvgIpc) is 1.35. The summed E-state index contributed by atoms with van der Waals surface area (Å²) in [6.07, 6.45) is 0. The second-order valence-corrected chi connectivity index (χ2v) is 0.990. The minimum absolute atomic E-state index is 0. The molecular weight excluding hydrogens is 124 g/mol. The predicted octanol–water partition coefficient (Wildman–Crippen LogP) is -0.232. The Kier molecular flexibility index (Phi) is 7.27. The Morgan fingerprint density at radius 3 is 2.14 bits per heavy atom. The van der Waals surface area contributed by atoms with E-state index in [1.807, 2.05) is 4.58 Å². The zero-order valence-corrected chi connectivity index (χ0v) is 3.84. The first-order valence-electron chi connectivity index (χ1n) is 0.913. The van der Waals surface area contributed by atoms with E-state index in [4.69, 9.17) is 15.0 Å². The van der Waals surface area contributed by atoms with Gasteiger partial charge in [-0.05, 0) is 0 Å². The molecule has 0 bridgehead atoms. The van der Waals surface area contributed by atoms with Gasteiger partial charge in [-0.3, -0.25) is 0 Å². The smallest absolute Gasteiger partial charge is 0.412 e. The van der Waals surface area contributed by atoms with Crippen LogP contribution in [-0.4, -0.2) is 9.80 Å². The van der Waals surface area contributed by atoms with E-state index in [0.29, 0.717) is 0 Å². The Morgan fingerprint density at radius 2 is 2.14 bits per heavy atom. The molecule has 0 saturated carbocycles. The third kappa shape index (κ3) is 10.9. The molecule has 0 aliphatic heterocycles. The Balaban J connectivity index is 0. The van der Waals surface area contributed by atoms with Gasteiger partial charge in [0.05, 0.1) is 4.58 Å². The van der Waals surface area contributed by atoms with Crippen molar-refractivity contribution in [1.82, 2.24) is 0 Å². The third-order valence-corrected chi connectivity index (χ3v) is 0.300. The lowest BCUT2D eigenvalue weighted by atomic mass is 13.4. The summed E-state index contributed by atoms with van der Waals surface area (Å²) in [7, 11) is 0. The third-order valence-electron chi connectivity index (χ3n) is 0.100. The molecule has 7 heavy (non-hydrogen) atoms. The number of nitro groups is 1. The number of nitrogens with zero attached hydrogens (tertiary/aromatic N) is 2. The molecule has 0 radical (unpaired) electrons. The largest absolute Gasteiger partial charge is 0.416 e. The van der Waals surface area contributed by atoms with Crippen molar-refractivity contribution in [1.29, 1.82) is 0 Å². The second-order valence-electron chi connectivity index (χ2n) is 0.380. The van der Waals surface area contributed by atoms with Crippen LogP contribution in [-0.2, 0) is 0 Å². The van der Waals surface area contributed by atoms with Crippen LogP contribution >= 0.6 is 12.1 Å². The van der Waals surface area contributed by atoms with Gasteiger partial charge >= 0.3 is 12.1 Å². The second kappa shape index (κ2) is 5.31. The predicted molar refractivity (Wildman–Crippen MR) is 24.0 cm³/mol. The molecule has 7 heteroatoms. The first-order chi connectivity index (χ1) is 2.77. The van der Waals surface area contributed by atoms with Gasteiger partial charge < -0.3 is 5.48 Å². The zero-order chi connectivity index (χ0) is 4.99. The van der Waals surface area contributed by atoms with Crippen LogP contribution in [0.5, 0.6) is 0 Å². The van der Waals surface area contributed by atoms with Gasteiger partial charge in [-0.25, -0.2) is 10.1 Å². The highest BCUT2D eigenvalue weighted by molar-refractivity contribution is 7.91. The van der Waals surface area contributed by atoms with Gasteiger partial charge in [0.1, 0.15) is 4.33 Å². The van der Waals surface area contributed by atoms with Crippen molar-refractivity contribution in [3.05, 3.63) is 15.0 Å². The molecule has 0 aromatic carbocycles. The van der Waals surface area contributed by atoms with E-state index < -0.39 is 4.33 Å². The van der Waals surface area contributed by atoms with Gasteiger partial charge in [-0.15, -0.1) is 4.91 Å². The van der Waals surface area contributed by atoms with Crippen LogP contribution < -0.4 is 0 Å². The molecule has 0 aliphatic carbocycles. The number of rotatable bonds is 2. The van der Waals surface area contributed by atoms with Crippen molar-refractivity contribution >= 4 is 12.1 Å². The van der Waals surface area contributed by atoms with Gasteiger partial charge in [-0.1, -0.05) is 0 Å². The normalized spacial score (nSPS) is 6.29. The monoisotopic (exact) mass is 126 g/mol. The average molecular weight is 126 g/mol. The van der Waals surface area contributed by atoms with Crippen molar-refractivity contribution in [3.63, 3.8) is 0 Å². The molecule has 42 valence electrons. The lowest BCUT2D eigenvalue weighted by Crippen LogP contribution is -1.74. The SMILES string of the molecule is O.O=NS[N+](=O)[O-]. The van der Waals surface area contributed by atoms with Crippen LogP contribution in [0.15, 0.2) is 4.58 Å². The van der Waals surface area contributed by atoms with Crippen LogP contribution in [0.1, 0.15) is 0 Å². The molecule has 0 saturated heterocycles. The molecule has 0 aliphatic rings. The lowest BCUT2D eigenvalue weighted by Gasteiger charge is -1.66. The molecule has 0 rings (SSSR count). The molecule has 0 spiro atoms. The zero-order valence-electron chi connectivity index (χ0n) is 3.03. The van der Waals surface area contributed by atoms with Gasteiger partial charge in [-0.2, -0.15) is 0 Å². The topological polar surface area (TPSA) is 104 Å². The van der Waals surface area contributed by atoms with E-state index in [1.165, 1.54) is 0 Å². The minimum atomic E-state index is -0.882. The Hall–Kier alpha value is -0.690. The van der Waals surface area contributed by atoms with E-state index in [1.54, 1.807) is 0 Å². The summed E-state index contributed by atoms with van der Waals surface area (Å²) in [5.41, 5.74) is 0. The molecule has 0 atom stereocenters. The molecule has 0 heterocycles. The molecule has 0 fully saturated rings. The van der Waals surface area contributed by atoms with Crippen LogP contribution in [0.3, 0.4) is 0 Å². The summed E-state index contributed by atoms with van der Waals surface area (Å²) in [5.74, 6) is 0. The van der Waals surface area contributed by atoms with E-state index in [0.717, 1.165) is 0 Å². The Labute approximate surface area is 42.6 Å². The molecule has 0 amide bonds. The van der Waals surface area contributed by atoms with Crippen LogP contribution in [0.2, 0.25) is 0 Å². The maximum absolute atomic E-state index is 9.07. The van der Waals surface area contributed by atoms with Crippen LogP contribution in [0, 0.1) is 15.0 Å². The number of hydrogen-bond donors (Lipinski definition) is 0. The minimum Gasteiger partial charge on any atom is -0.412 e. The fraction of sp³-hybridized carbons (Fsp3) is 0. The summed E-state index contributed by atoms with van der Waals surface area (Å²) in [6, 6.07) is 0. The first kappa shape index (κ1) is 9.58. The Bertz CT molecular complexity index is 70.1. The van der Waals surface area contributed by atoms with E-state index in [-0.39, 0.29) is 17.6 Å². The van der Waals surface area contributed by atoms with Gasteiger partial charge in [0.2, 0.25) is 0 Å². The molecule has 2 N–H and O–H groups in total. The van der Waals surface area contributed by atoms with Gasteiger partial charge in [0.25, 0.3) is 0 Å². The van der Waals surface area contributed by atoms with E-state index >= 15 is 0 Å². The quantitative estimate of drug-likeness (QED) is 0.220. The highest BCUT2D eigenvalue weighted by Gasteiger charge is 1.94. The fourth-order valence-corrected chi connectivity index (χ4v) is 0.0816. The summed E-state index contributed by atoms with van der Waals surface area (Å²) < 4.78 is 1.02. The standard InChI is InChI=1S/N2O3S.H2O/c3-1-6-2(4)5;/h;1H2. The van der Waals surface area contributed by atoms with Crippen molar-refractivity contribution in [2.45, 2.75) is 0 Å². The van der Waals surface area contributed by atoms with Crippen molar-refractivity contribution in [2.75, 3.05) is 0 Å². The Morgan fingerprint density at radius 1 is 1.71 bits per heavy atom. The maximum atomic E-state index is 9.07. The lowest BCUT2D eigenvalue weighted by molar-refractivity contribution is -0.284. The van der Waals surface area contributed by atoms with Gasteiger partial charge in [0, 0.05) is 0 Å². The van der Waals surface area contributed by atoms with Gasteiger partial charge in [0.15, 0.2) is 0 Å². The van der Waals surface area contributed by atoms with Crippen molar-refractivity contribution < 1.29 is 9.80 Å². The summed E-state index contributed by atoms with van der Waals surface area (Å²) in [5, 5.41) is 9.07. The van der Waals surface area contributed by atoms with Crippen molar-refractivity contribution in [2.24, 2.45) is 4.58 Å².